The van der Waals surface area contributed by atoms with Gasteiger partial charge in [0.15, 0.2) is 0 Å². The van der Waals surface area contributed by atoms with Gasteiger partial charge in [-0.05, 0) is 49.3 Å². The lowest BCUT2D eigenvalue weighted by Crippen LogP contribution is -2.31. The normalized spacial score (nSPS) is 27.5. The second-order valence-corrected chi connectivity index (χ2v) is 5.76. The molecule has 2 N–H and O–H groups in total. The van der Waals surface area contributed by atoms with E-state index in [1.165, 1.54) is 37.7 Å². The van der Waals surface area contributed by atoms with E-state index in [9.17, 15) is 0 Å². The Morgan fingerprint density at radius 1 is 1.12 bits per heavy atom. The van der Waals surface area contributed by atoms with E-state index in [4.69, 9.17) is 17.3 Å². The average Bonchev–Trinajstić information content (AvgIpc) is 2.55. The quantitative estimate of drug-likeness (QED) is 0.777. The van der Waals surface area contributed by atoms with Crippen molar-refractivity contribution in [3.8, 4) is 0 Å². The smallest absolute Gasteiger partial charge is 0.0406 e. The van der Waals surface area contributed by atoms with Crippen LogP contribution in [0.25, 0.3) is 0 Å². The summed E-state index contributed by atoms with van der Waals surface area (Å²) < 4.78 is 0. The highest BCUT2D eigenvalue weighted by atomic mass is 35.5. The molecule has 0 amide bonds. The van der Waals surface area contributed by atoms with E-state index in [0.717, 1.165) is 5.02 Å². The van der Waals surface area contributed by atoms with Crippen molar-refractivity contribution in [1.29, 1.82) is 0 Å². The third-order valence-corrected chi connectivity index (χ3v) is 4.29. The van der Waals surface area contributed by atoms with Crippen LogP contribution < -0.4 is 5.73 Å². The van der Waals surface area contributed by atoms with Crippen molar-refractivity contribution < 1.29 is 0 Å². The van der Waals surface area contributed by atoms with Gasteiger partial charge in [-0.15, -0.1) is 0 Å². The van der Waals surface area contributed by atoms with Crippen molar-refractivity contribution in [3.05, 3.63) is 34.9 Å². The summed E-state index contributed by atoms with van der Waals surface area (Å²) in [6, 6.07) is 8.63. The molecule has 0 heterocycles. The van der Waals surface area contributed by atoms with E-state index in [-0.39, 0.29) is 6.04 Å². The van der Waals surface area contributed by atoms with Gasteiger partial charge >= 0.3 is 0 Å². The van der Waals surface area contributed by atoms with Crippen molar-refractivity contribution in [2.75, 3.05) is 0 Å². The molecule has 1 saturated carbocycles. The van der Waals surface area contributed by atoms with E-state index >= 15 is 0 Å². The zero-order valence-corrected chi connectivity index (χ0v) is 11.3. The lowest BCUT2D eigenvalue weighted by Gasteiger charge is -2.28. The number of rotatable bonds is 2. The number of halogens is 1. The highest BCUT2D eigenvalue weighted by Crippen LogP contribution is 2.38. The second-order valence-electron chi connectivity index (χ2n) is 5.32. The molecule has 1 aromatic rings. The minimum Gasteiger partial charge on any atom is -0.328 e. The zero-order chi connectivity index (χ0) is 12.3. The van der Waals surface area contributed by atoms with E-state index in [1.807, 2.05) is 12.1 Å². The molecule has 1 aliphatic rings. The second kappa shape index (κ2) is 5.88. The summed E-state index contributed by atoms with van der Waals surface area (Å²) in [4.78, 5) is 0. The van der Waals surface area contributed by atoms with Crippen molar-refractivity contribution in [2.24, 2.45) is 11.7 Å². The summed E-state index contributed by atoms with van der Waals surface area (Å²) in [6.07, 6.45) is 6.55. The lowest BCUT2D eigenvalue weighted by atomic mass is 9.79. The molecule has 0 aliphatic heterocycles. The largest absolute Gasteiger partial charge is 0.328 e. The standard InChI is InChI=1S/C15H22ClN/c1-11(17)14-5-3-2-4-6-15(14)12-7-9-13(16)10-8-12/h7-11,14-15H,2-6,17H2,1H3. The number of hydrogen-bond acceptors (Lipinski definition) is 1. The van der Waals surface area contributed by atoms with Crippen LogP contribution in [0, 0.1) is 5.92 Å². The number of hydrogen-bond donors (Lipinski definition) is 1. The molecule has 17 heavy (non-hydrogen) atoms. The first kappa shape index (κ1) is 12.9. The molecule has 0 bridgehead atoms. The highest BCUT2D eigenvalue weighted by Gasteiger charge is 2.27. The number of benzene rings is 1. The topological polar surface area (TPSA) is 26.0 Å². The molecular formula is C15H22ClN. The highest BCUT2D eigenvalue weighted by molar-refractivity contribution is 6.30. The molecule has 1 fully saturated rings. The van der Waals surface area contributed by atoms with Gasteiger partial charge in [0, 0.05) is 11.1 Å². The minimum atomic E-state index is 0.286. The third kappa shape index (κ3) is 3.23. The van der Waals surface area contributed by atoms with Crippen LogP contribution in [-0.2, 0) is 0 Å². The molecule has 1 nitrogen and oxygen atoms in total. The Kier molecular flexibility index (Phi) is 4.47. The monoisotopic (exact) mass is 251 g/mol. The van der Waals surface area contributed by atoms with Gasteiger partial charge in [-0.3, -0.25) is 0 Å². The first-order valence-electron chi connectivity index (χ1n) is 6.69. The van der Waals surface area contributed by atoms with Crippen LogP contribution in [0.1, 0.15) is 50.5 Å². The molecule has 0 saturated heterocycles. The first-order valence-corrected chi connectivity index (χ1v) is 7.07. The SMILES string of the molecule is CC(N)C1CCCCCC1c1ccc(Cl)cc1. The molecule has 2 heteroatoms. The van der Waals surface area contributed by atoms with Gasteiger partial charge in [-0.2, -0.15) is 0 Å². The molecule has 2 rings (SSSR count). The number of nitrogens with two attached hydrogens (primary N) is 1. The van der Waals surface area contributed by atoms with Gasteiger partial charge in [0.25, 0.3) is 0 Å². The van der Waals surface area contributed by atoms with Gasteiger partial charge in [0.2, 0.25) is 0 Å². The van der Waals surface area contributed by atoms with Crippen LogP contribution >= 0.6 is 11.6 Å². The van der Waals surface area contributed by atoms with Crippen LogP contribution in [0.4, 0.5) is 0 Å². The minimum absolute atomic E-state index is 0.286. The van der Waals surface area contributed by atoms with E-state index in [2.05, 4.69) is 19.1 Å². The maximum absolute atomic E-state index is 6.17. The van der Waals surface area contributed by atoms with Gasteiger partial charge in [0.1, 0.15) is 0 Å². The average molecular weight is 252 g/mol. The van der Waals surface area contributed by atoms with Crippen molar-refractivity contribution in [3.63, 3.8) is 0 Å². The first-order chi connectivity index (χ1) is 8.18. The fourth-order valence-corrected chi connectivity index (χ4v) is 3.22. The van der Waals surface area contributed by atoms with Crippen molar-refractivity contribution in [2.45, 2.75) is 51.0 Å². The van der Waals surface area contributed by atoms with Crippen LogP contribution in [0.15, 0.2) is 24.3 Å². The Bertz CT molecular complexity index is 344. The summed E-state index contributed by atoms with van der Waals surface area (Å²) >= 11 is 5.96. The van der Waals surface area contributed by atoms with E-state index in [1.54, 1.807) is 0 Å². The molecule has 1 aromatic carbocycles. The summed E-state index contributed by atoms with van der Waals surface area (Å²) in [5, 5.41) is 0.819. The summed E-state index contributed by atoms with van der Waals surface area (Å²) in [5.41, 5.74) is 7.58. The van der Waals surface area contributed by atoms with Gasteiger partial charge in [-0.1, -0.05) is 43.0 Å². The Morgan fingerprint density at radius 3 is 2.41 bits per heavy atom. The molecule has 1 aliphatic carbocycles. The Balaban J connectivity index is 2.22. The summed E-state index contributed by atoms with van der Waals surface area (Å²) in [5.74, 6) is 1.24. The van der Waals surface area contributed by atoms with Crippen LogP contribution in [0.2, 0.25) is 5.02 Å². The van der Waals surface area contributed by atoms with E-state index < -0.39 is 0 Å². The Hall–Kier alpha value is -0.530. The fraction of sp³-hybridized carbons (Fsp3) is 0.600. The van der Waals surface area contributed by atoms with Crippen molar-refractivity contribution >= 4 is 11.6 Å². The lowest BCUT2D eigenvalue weighted by molar-refractivity contribution is 0.345. The molecule has 94 valence electrons. The van der Waals surface area contributed by atoms with Crippen molar-refractivity contribution in [1.82, 2.24) is 0 Å². The molecule has 3 atom stereocenters. The van der Waals surface area contributed by atoms with Crippen LogP contribution in [0.5, 0.6) is 0 Å². The molecule has 0 radical (unpaired) electrons. The molecule has 3 unspecified atom stereocenters. The van der Waals surface area contributed by atoms with Gasteiger partial charge < -0.3 is 5.73 Å². The molecule has 0 spiro atoms. The molecular weight excluding hydrogens is 230 g/mol. The summed E-state index contributed by atoms with van der Waals surface area (Å²) in [7, 11) is 0. The maximum atomic E-state index is 6.17. The predicted molar refractivity (Wildman–Crippen MR) is 74.4 cm³/mol. The Labute approximate surface area is 109 Å². The van der Waals surface area contributed by atoms with E-state index in [0.29, 0.717) is 11.8 Å². The van der Waals surface area contributed by atoms with Crippen LogP contribution in [-0.4, -0.2) is 6.04 Å². The van der Waals surface area contributed by atoms with Gasteiger partial charge in [-0.25, -0.2) is 0 Å². The van der Waals surface area contributed by atoms with Gasteiger partial charge in [0.05, 0.1) is 0 Å². The fourth-order valence-electron chi connectivity index (χ4n) is 3.09. The third-order valence-electron chi connectivity index (χ3n) is 4.04. The maximum Gasteiger partial charge on any atom is 0.0406 e. The summed E-state index contributed by atoms with van der Waals surface area (Å²) in [6.45, 7) is 2.15. The Morgan fingerprint density at radius 2 is 1.76 bits per heavy atom. The predicted octanol–water partition coefficient (Wildman–Crippen LogP) is 4.35. The zero-order valence-electron chi connectivity index (χ0n) is 10.5. The molecule has 0 aromatic heterocycles. The van der Waals surface area contributed by atoms with Crippen LogP contribution in [0.3, 0.4) is 0 Å².